The highest BCUT2D eigenvalue weighted by Gasteiger charge is 2.70. The Morgan fingerprint density at radius 1 is 1.25 bits per heavy atom. The van der Waals surface area contributed by atoms with Gasteiger partial charge in [-0.25, -0.2) is 10.0 Å². The average molecular weight is 242 g/mol. The minimum atomic E-state index is -0.259. The van der Waals surface area contributed by atoms with Crippen LogP contribution in [0.3, 0.4) is 0 Å². The van der Waals surface area contributed by atoms with Crippen LogP contribution in [0, 0.1) is 17.8 Å². The maximum absolute atomic E-state index is 2.64. The quantitative estimate of drug-likeness (QED) is 0.672. The third-order valence-corrected chi connectivity index (χ3v) is 11.9. The molecule has 0 aromatic carbocycles. The van der Waals surface area contributed by atoms with Crippen LogP contribution in [0.15, 0.2) is 0 Å². The monoisotopic (exact) mass is 242 g/mol. The maximum Gasteiger partial charge on any atom is 0.00467 e. The molecule has 2 aliphatic rings. The van der Waals surface area contributed by atoms with Crippen molar-refractivity contribution in [1.29, 1.82) is 0 Å². The summed E-state index contributed by atoms with van der Waals surface area (Å²) >= 11 is 0. The summed E-state index contributed by atoms with van der Waals surface area (Å²) in [7, 11) is -0.259. The first-order valence-corrected chi connectivity index (χ1v) is 9.44. The summed E-state index contributed by atoms with van der Waals surface area (Å²) in [4.78, 5) is 0. The molecular formula is C15H30S. The largest absolute Gasteiger partial charge is 0.236 e. The highest BCUT2D eigenvalue weighted by Crippen LogP contribution is 2.84. The Balaban J connectivity index is 2.05. The van der Waals surface area contributed by atoms with E-state index in [1.54, 1.807) is 12.8 Å². The first kappa shape index (κ1) is 12.8. The first-order chi connectivity index (χ1) is 7.43. The number of hydrogen-bond acceptors (Lipinski definition) is 0. The van der Waals surface area contributed by atoms with Crippen molar-refractivity contribution >= 4 is 10.0 Å². The van der Waals surface area contributed by atoms with Crippen molar-refractivity contribution < 1.29 is 0 Å². The lowest BCUT2D eigenvalue weighted by Gasteiger charge is -2.60. The Morgan fingerprint density at radius 3 is 2.31 bits per heavy atom. The molecule has 2 fully saturated rings. The lowest BCUT2D eigenvalue weighted by atomic mass is 9.88. The van der Waals surface area contributed by atoms with Crippen molar-refractivity contribution in [2.24, 2.45) is 17.8 Å². The molecule has 0 aromatic heterocycles. The van der Waals surface area contributed by atoms with Crippen LogP contribution in [0.2, 0.25) is 0 Å². The molecule has 0 aromatic rings. The van der Waals surface area contributed by atoms with Crippen LogP contribution in [0.4, 0.5) is 0 Å². The molecule has 1 aliphatic heterocycles. The van der Waals surface area contributed by atoms with Gasteiger partial charge in [-0.3, -0.25) is 0 Å². The molecule has 1 heterocycles. The van der Waals surface area contributed by atoms with Gasteiger partial charge in [0.2, 0.25) is 0 Å². The highest BCUT2D eigenvalue weighted by molar-refractivity contribution is 8.36. The van der Waals surface area contributed by atoms with Gasteiger partial charge in [0.25, 0.3) is 0 Å². The van der Waals surface area contributed by atoms with Gasteiger partial charge >= 0.3 is 0 Å². The van der Waals surface area contributed by atoms with Crippen molar-refractivity contribution in [3.8, 4) is 0 Å². The summed E-state index contributed by atoms with van der Waals surface area (Å²) in [5.41, 5.74) is 0. The molecule has 0 bridgehead atoms. The predicted octanol–water partition coefficient (Wildman–Crippen LogP) is 4.67. The number of hydrogen-bond donors (Lipinski definition) is 0. The Morgan fingerprint density at radius 2 is 1.88 bits per heavy atom. The molecule has 2 rings (SSSR count). The van der Waals surface area contributed by atoms with Crippen molar-refractivity contribution in [3.63, 3.8) is 0 Å². The van der Waals surface area contributed by atoms with Crippen molar-refractivity contribution in [2.45, 2.75) is 63.9 Å². The van der Waals surface area contributed by atoms with Crippen molar-refractivity contribution in [1.82, 2.24) is 0 Å². The fraction of sp³-hybridized carbons (Fsp3) is 1.00. The maximum atomic E-state index is 2.64. The SMILES string of the molecule is CCC(C)C(C)C1CC12CC(C)S2(C)CC. The van der Waals surface area contributed by atoms with Crippen molar-refractivity contribution in [3.05, 3.63) is 0 Å². The molecule has 6 unspecified atom stereocenters. The second-order valence-corrected chi connectivity index (χ2v) is 11.1. The molecular weight excluding hydrogens is 212 g/mol. The molecule has 1 aliphatic carbocycles. The van der Waals surface area contributed by atoms with E-state index in [4.69, 9.17) is 0 Å². The van der Waals surface area contributed by atoms with E-state index in [2.05, 4.69) is 40.9 Å². The van der Waals surface area contributed by atoms with Gasteiger partial charge in [-0.15, -0.1) is 0 Å². The molecule has 1 spiro atoms. The van der Waals surface area contributed by atoms with Gasteiger partial charge in [-0.1, -0.05) is 41.0 Å². The third kappa shape index (κ3) is 1.43. The third-order valence-electron chi connectivity index (χ3n) is 6.31. The van der Waals surface area contributed by atoms with Crippen LogP contribution >= 0.6 is 10.0 Å². The van der Waals surface area contributed by atoms with E-state index in [0.29, 0.717) is 0 Å². The van der Waals surface area contributed by atoms with Gasteiger partial charge in [0.1, 0.15) is 0 Å². The Labute approximate surface area is 104 Å². The minimum absolute atomic E-state index is 0.259. The molecule has 16 heavy (non-hydrogen) atoms. The van der Waals surface area contributed by atoms with E-state index in [1.807, 2.05) is 0 Å². The standard InChI is InChI=1S/C15H30S/c1-7-11(3)13(5)14-10-15(14)9-12(4)16(15,6)8-2/h11-14H,7-10H2,1-6H3. The average Bonchev–Trinajstić information content (AvgIpc) is 3.03. The summed E-state index contributed by atoms with van der Waals surface area (Å²) in [6, 6.07) is 0. The molecule has 1 saturated heterocycles. The van der Waals surface area contributed by atoms with Crippen LogP contribution in [-0.4, -0.2) is 22.0 Å². The lowest BCUT2D eigenvalue weighted by molar-refractivity contribution is 0.321. The second-order valence-electron chi connectivity index (χ2n) is 6.58. The van der Waals surface area contributed by atoms with Gasteiger partial charge < -0.3 is 0 Å². The molecule has 96 valence electrons. The summed E-state index contributed by atoms with van der Waals surface area (Å²) in [5, 5.41) is 1.05. The first-order valence-electron chi connectivity index (χ1n) is 7.17. The Hall–Kier alpha value is 0.350. The summed E-state index contributed by atoms with van der Waals surface area (Å²) in [6.07, 6.45) is 7.13. The molecule has 1 heteroatoms. The van der Waals surface area contributed by atoms with Crippen LogP contribution in [0.25, 0.3) is 0 Å². The highest BCUT2D eigenvalue weighted by atomic mass is 32.3. The summed E-state index contributed by atoms with van der Waals surface area (Å²) in [6.45, 7) is 12.3. The van der Waals surface area contributed by atoms with Crippen LogP contribution in [0.1, 0.15) is 53.9 Å². The number of rotatable bonds is 4. The molecule has 6 atom stereocenters. The zero-order chi connectivity index (χ0) is 12.1. The van der Waals surface area contributed by atoms with Gasteiger partial charge in [0, 0.05) is 4.75 Å². The molecule has 0 nitrogen and oxygen atoms in total. The van der Waals surface area contributed by atoms with Gasteiger partial charge in [-0.05, 0) is 47.9 Å². The minimum Gasteiger partial charge on any atom is -0.236 e. The van der Waals surface area contributed by atoms with Gasteiger partial charge in [0.15, 0.2) is 0 Å². The van der Waals surface area contributed by atoms with E-state index in [9.17, 15) is 0 Å². The molecule has 0 amide bonds. The molecule has 0 radical (unpaired) electrons. The predicted molar refractivity (Wildman–Crippen MR) is 77.6 cm³/mol. The smallest absolute Gasteiger partial charge is 0.00467 e. The van der Waals surface area contributed by atoms with E-state index in [-0.39, 0.29) is 10.0 Å². The normalized spacial score (nSPS) is 53.9. The summed E-state index contributed by atoms with van der Waals surface area (Å²) < 4.78 is 0.851. The van der Waals surface area contributed by atoms with Crippen LogP contribution < -0.4 is 0 Å². The molecule has 0 N–H and O–H groups in total. The van der Waals surface area contributed by atoms with E-state index < -0.39 is 0 Å². The van der Waals surface area contributed by atoms with E-state index >= 15 is 0 Å². The van der Waals surface area contributed by atoms with E-state index in [0.717, 1.165) is 27.8 Å². The Kier molecular flexibility index (Phi) is 3.15. The summed E-state index contributed by atoms with van der Waals surface area (Å²) in [5.74, 6) is 4.45. The van der Waals surface area contributed by atoms with Crippen LogP contribution in [0.5, 0.6) is 0 Å². The van der Waals surface area contributed by atoms with Crippen LogP contribution in [-0.2, 0) is 0 Å². The van der Waals surface area contributed by atoms with E-state index in [1.165, 1.54) is 12.2 Å². The lowest BCUT2D eigenvalue weighted by Crippen LogP contribution is -2.45. The fourth-order valence-electron chi connectivity index (χ4n) is 4.25. The zero-order valence-corrected chi connectivity index (χ0v) is 12.9. The van der Waals surface area contributed by atoms with Gasteiger partial charge in [0.05, 0.1) is 0 Å². The van der Waals surface area contributed by atoms with Gasteiger partial charge in [-0.2, -0.15) is 0 Å². The molecule has 1 saturated carbocycles. The second kappa shape index (κ2) is 3.93. The fourth-order valence-corrected chi connectivity index (χ4v) is 8.66. The zero-order valence-electron chi connectivity index (χ0n) is 12.0. The Bertz CT molecular complexity index is 275. The van der Waals surface area contributed by atoms with Crippen molar-refractivity contribution in [2.75, 3.05) is 12.0 Å². The topological polar surface area (TPSA) is 0 Å².